The molecule has 5 N–H and O–H groups in total. The van der Waals surface area contributed by atoms with Gasteiger partial charge >= 0.3 is 6.18 Å². The van der Waals surface area contributed by atoms with E-state index in [1.165, 1.54) is 17.0 Å². The van der Waals surface area contributed by atoms with E-state index in [0.717, 1.165) is 12.1 Å². The van der Waals surface area contributed by atoms with Crippen LogP contribution in [0.15, 0.2) is 24.3 Å². The quantitative estimate of drug-likeness (QED) is 0.573. The number of halogens is 5. The fourth-order valence-corrected chi connectivity index (χ4v) is 4.26. The summed E-state index contributed by atoms with van der Waals surface area (Å²) < 4.78 is 68.4. The summed E-state index contributed by atoms with van der Waals surface area (Å²) >= 11 is 0. The molecule has 0 unspecified atom stereocenters. The summed E-state index contributed by atoms with van der Waals surface area (Å²) in [6.45, 7) is 0.564. The number of carbonyl (C=O) groups excluding carboxylic acids is 1. The molecule has 0 radical (unpaired) electrons. The molecule has 2 aliphatic heterocycles. The van der Waals surface area contributed by atoms with Crippen molar-refractivity contribution in [3.8, 4) is 0 Å². The van der Waals surface area contributed by atoms with E-state index in [1.807, 2.05) is 0 Å². The molecule has 0 bridgehead atoms. The van der Waals surface area contributed by atoms with Crippen LogP contribution in [0.2, 0.25) is 0 Å². The number of nitrogens with two attached hydrogens (primary N) is 2. The highest BCUT2D eigenvalue weighted by molar-refractivity contribution is 5.94. The molecule has 3 heterocycles. The van der Waals surface area contributed by atoms with E-state index in [1.54, 1.807) is 4.90 Å². The van der Waals surface area contributed by atoms with Crippen molar-refractivity contribution >= 4 is 23.5 Å². The van der Waals surface area contributed by atoms with Gasteiger partial charge in [0, 0.05) is 57.2 Å². The molecule has 2 saturated heterocycles. The predicted molar refractivity (Wildman–Crippen MR) is 115 cm³/mol. The molecule has 1 atom stereocenters. The molecule has 1 aromatic heterocycles. The van der Waals surface area contributed by atoms with Crippen LogP contribution in [0, 0.1) is 0 Å². The summed E-state index contributed by atoms with van der Waals surface area (Å²) in [4.78, 5) is 23.8. The van der Waals surface area contributed by atoms with E-state index in [9.17, 15) is 26.7 Å². The topological polar surface area (TPSA) is 113 Å². The molecule has 34 heavy (non-hydrogen) atoms. The van der Waals surface area contributed by atoms with E-state index in [2.05, 4.69) is 15.3 Å². The van der Waals surface area contributed by atoms with E-state index >= 15 is 0 Å². The van der Waals surface area contributed by atoms with Gasteiger partial charge in [0.25, 0.3) is 11.8 Å². The van der Waals surface area contributed by atoms with E-state index in [-0.39, 0.29) is 42.5 Å². The second kappa shape index (κ2) is 8.85. The summed E-state index contributed by atoms with van der Waals surface area (Å²) in [5, 5.41) is 3.06. The van der Waals surface area contributed by atoms with Crippen LogP contribution >= 0.6 is 0 Å². The largest absolute Gasteiger partial charge is 0.416 e. The average Bonchev–Trinajstić information content (AvgIpc) is 2.77. The van der Waals surface area contributed by atoms with Crippen molar-refractivity contribution in [2.45, 2.75) is 31.0 Å². The number of nitrogens with one attached hydrogen (secondary N) is 1. The maximum Gasteiger partial charge on any atom is 0.416 e. The zero-order chi connectivity index (χ0) is 24.7. The van der Waals surface area contributed by atoms with Crippen molar-refractivity contribution in [1.29, 1.82) is 0 Å². The Morgan fingerprint density at radius 1 is 1.09 bits per heavy atom. The first-order valence-electron chi connectivity index (χ1n) is 10.7. The van der Waals surface area contributed by atoms with Crippen molar-refractivity contribution in [3.05, 3.63) is 41.0 Å². The third-order valence-electron chi connectivity index (χ3n) is 6.01. The number of alkyl halides is 5. The Morgan fingerprint density at radius 2 is 1.79 bits per heavy atom. The predicted octanol–water partition coefficient (Wildman–Crippen LogP) is 2.68. The number of hydrogen-bond acceptors (Lipinski definition) is 7. The highest BCUT2D eigenvalue weighted by atomic mass is 19.4. The number of nitrogens with zero attached hydrogens (tertiary/aromatic N) is 4. The molecule has 2 aliphatic rings. The van der Waals surface area contributed by atoms with Crippen LogP contribution in [0.4, 0.5) is 39.5 Å². The summed E-state index contributed by atoms with van der Waals surface area (Å²) in [7, 11) is 0. The van der Waals surface area contributed by atoms with E-state index in [0.29, 0.717) is 18.9 Å². The number of rotatable bonds is 3. The molecule has 2 aromatic rings. The Labute approximate surface area is 192 Å². The van der Waals surface area contributed by atoms with Gasteiger partial charge in [-0.25, -0.2) is 8.78 Å². The smallest absolute Gasteiger partial charge is 0.383 e. The van der Waals surface area contributed by atoms with Crippen molar-refractivity contribution in [2.24, 2.45) is 0 Å². The number of anilines is 3. The van der Waals surface area contributed by atoms with Gasteiger partial charge in [-0.3, -0.25) is 4.79 Å². The van der Waals surface area contributed by atoms with Crippen LogP contribution in [0.3, 0.4) is 0 Å². The van der Waals surface area contributed by atoms with Gasteiger partial charge in [-0.1, -0.05) is 0 Å². The lowest BCUT2D eigenvalue weighted by Gasteiger charge is -2.36. The second-order valence-electron chi connectivity index (χ2n) is 8.41. The number of amides is 1. The van der Waals surface area contributed by atoms with E-state index in [4.69, 9.17) is 11.5 Å². The van der Waals surface area contributed by atoms with E-state index < -0.39 is 42.5 Å². The molecule has 184 valence electrons. The van der Waals surface area contributed by atoms with Gasteiger partial charge in [-0.05, 0) is 23.8 Å². The summed E-state index contributed by atoms with van der Waals surface area (Å²) in [6, 6.07) is 3.84. The normalized spacial score (nSPS) is 20.9. The lowest BCUT2D eigenvalue weighted by molar-refractivity contribution is -0.138. The molecule has 1 aromatic carbocycles. The van der Waals surface area contributed by atoms with Crippen molar-refractivity contribution in [1.82, 2.24) is 20.2 Å². The molecule has 0 saturated carbocycles. The molecule has 0 aliphatic carbocycles. The van der Waals surface area contributed by atoms with Gasteiger partial charge in [0.15, 0.2) is 0 Å². The molecule has 13 heteroatoms. The van der Waals surface area contributed by atoms with Gasteiger partial charge < -0.3 is 26.6 Å². The van der Waals surface area contributed by atoms with Gasteiger partial charge in [0.1, 0.15) is 11.6 Å². The molecule has 2 fully saturated rings. The lowest BCUT2D eigenvalue weighted by atomic mass is 9.94. The van der Waals surface area contributed by atoms with Crippen LogP contribution in [0.5, 0.6) is 0 Å². The third kappa shape index (κ3) is 5.13. The highest BCUT2D eigenvalue weighted by Gasteiger charge is 2.39. The number of benzene rings is 1. The first-order valence-corrected chi connectivity index (χ1v) is 10.7. The van der Waals surface area contributed by atoms with Crippen molar-refractivity contribution < 1.29 is 26.7 Å². The van der Waals surface area contributed by atoms with Crippen molar-refractivity contribution in [3.63, 3.8) is 0 Å². The Balaban J connectivity index is 1.63. The van der Waals surface area contributed by atoms with Gasteiger partial charge in [-0.15, -0.1) is 0 Å². The fourth-order valence-electron chi connectivity index (χ4n) is 4.26. The first-order chi connectivity index (χ1) is 15.9. The van der Waals surface area contributed by atoms with Gasteiger partial charge in [0.2, 0.25) is 5.95 Å². The molecule has 4 rings (SSSR count). The second-order valence-corrected chi connectivity index (χ2v) is 8.41. The lowest BCUT2D eigenvalue weighted by Crippen LogP contribution is -2.47. The molecule has 1 amide bonds. The number of piperazine rings is 1. The first kappa shape index (κ1) is 23.9. The minimum absolute atomic E-state index is 0.0164. The molecular formula is C21H24F5N7O. The minimum atomic E-state index is -4.65. The zero-order valence-electron chi connectivity index (χ0n) is 18.1. The van der Waals surface area contributed by atoms with Crippen molar-refractivity contribution in [2.75, 3.05) is 49.1 Å². The monoisotopic (exact) mass is 485 g/mol. The Morgan fingerprint density at radius 3 is 2.44 bits per heavy atom. The van der Waals surface area contributed by atoms with Crippen LogP contribution in [0.25, 0.3) is 0 Å². The minimum Gasteiger partial charge on any atom is -0.383 e. The Hall–Kier alpha value is -3.22. The average molecular weight is 485 g/mol. The Bertz CT molecular complexity index is 1050. The standard InChI is InChI=1S/C21H24F5N7O/c22-20(23)3-6-32(7-4-20)18(34)12-1-2-14(21(24,25)26)13(9-12)15-11-33(8-5-29-15)17-10-16(27)30-19(28)31-17/h1-2,9-10,15,29H,3-8,11H2,(H4,27,28,30,31)/t15-/m0/s1. The number of likely N-dealkylation sites (tertiary alicyclic amines) is 1. The number of nitrogen functional groups attached to an aromatic ring is 2. The number of aromatic nitrogens is 2. The Kier molecular flexibility index (Phi) is 6.23. The summed E-state index contributed by atoms with van der Waals surface area (Å²) in [5.41, 5.74) is 10.4. The SMILES string of the molecule is Nc1cc(N2CCN[C@H](c3cc(C(=O)N4CCC(F)(F)CC4)ccc3C(F)(F)F)C2)nc(N)n1. The number of hydrogen-bond donors (Lipinski definition) is 3. The van der Waals surface area contributed by atoms with Gasteiger partial charge in [0.05, 0.1) is 11.6 Å². The zero-order valence-corrected chi connectivity index (χ0v) is 18.1. The van der Waals surface area contributed by atoms with Crippen LogP contribution in [0.1, 0.15) is 40.4 Å². The molecular weight excluding hydrogens is 461 g/mol. The fraction of sp³-hybridized carbons (Fsp3) is 0.476. The summed E-state index contributed by atoms with van der Waals surface area (Å²) in [6.07, 6.45) is -5.61. The highest BCUT2D eigenvalue weighted by Crippen LogP contribution is 2.37. The number of piperidine rings is 1. The maximum absolute atomic E-state index is 13.8. The third-order valence-corrected chi connectivity index (χ3v) is 6.01. The van der Waals surface area contributed by atoms with Crippen LogP contribution in [-0.2, 0) is 6.18 Å². The maximum atomic E-state index is 13.8. The molecule has 0 spiro atoms. The molecule has 8 nitrogen and oxygen atoms in total. The van der Waals surface area contributed by atoms with Crippen LogP contribution in [-0.4, -0.2) is 59.4 Å². The van der Waals surface area contributed by atoms with Crippen LogP contribution < -0.4 is 21.7 Å². The summed E-state index contributed by atoms with van der Waals surface area (Å²) in [5.74, 6) is -2.96. The number of carbonyl (C=O) groups is 1. The van der Waals surface area contributed by atoms with Gasteiger partial charge in [-0.2, -0.15) is 23.1 Å².